The van der Waals surface area contributed by atoms with Crippen molar-refractivity contribution in [2.75, 3.05) is 0 Å². The summed E-state index contributed by atoms with van der Waals surface area (Å²) in [7, 11) is 0. The molecule has 3 nitrogen and oxygen atoms in total. The highest BCUT2D eigenvalue weighted by Crippen LogP contribution is 2.50. The van der Waals surface area contributed by atoms with Gasteiger partial charge in [-0.15, -0.1) is 0 Å². The first-order valence-electron chi connectivity index (χ1n) is 16.6. The second-order valence-corrected chi connectivity index (χ2v) is 13.0. The summed E-state index contributed by atoms with van der Waals surface area (Å²) in [5, 5.41) is 7.92. The Morgan fingerprint density at radius 3 is 2.04 bits per heavy atom. The molecule has 3 heteroatoms. The summed E-state index contributed by atoms with van der Waals surface area (Å²) in [6.07, 6.45) is 4.10. The van der Waals surface area contributed by atoms with E-state index in [4.69, 9.17) is 4.98 Å². The molecule has 0 N–H and O–H groups in total. The van der Waals surface area contributed by atoms with Gasteiger partial charge in [-0.05, 0) is 77.6 Å². The third-order valence-electron chi connectivity index (χ3n) is 10.7. The standard InChI is InChI=1S/C44H29N3/c1-2-12-28(13-3-1)46-38-19-9-6-15-31(38)35-25-37(45-26-41(35)46)30-23-22-27-24-36-32-16-7-10-20-39(32)47-40-21-11-8-18-34(40)43(44(36)47)42(27)33-17-5-4-14-29(30)33/h1-21,24-26,30H,22-23H2. The van der Waals surface area contributed by atoms with Crippen LogP contribution in [0.5, 0.6) is 0 Å². The van der Waals surface area contributed by atoms with E-state index in [9.17, 15) is 0 Å². The lowest BCUT2D eigenvalue weighted by Crippen LogP contribution is -2.05. The summed E-state index contributed by atoms with van der Waals surface area (Å²) in [4.78, 5) is 5.27. The van der Waals surface area contributed by atoms with E-state index in [1.165, 1.54) is 76.6 Å². The molecule has 47 heavy (non-hydrogen) atoms. The van der Waals surface area contributed by atoms with E-state index in [1.54, 1.807) is 0 Å². The molecule has 6 aromatic carbocycles. The Morgan fingerprint density at radius 1 is 0.553 bits per heavy atom. The number of aromatic nitrogens is 3. The molecule has 0 radical (unpaired) electrons. The Hall–Kier alpha value is -5.93. The van der Waals surface area contributed by atoms with Gasteiger partial charge in [0.15, 0.2) is 0 Å². The fourth-order valence-electron chi connectivity index (χ4n) is 8.80. The van der Waals surface area contributed by atoms with Gasteiger partial charge in [0.05, 0.1) is 33.8 Å². The molecule has 10 aromatic rings. The van der Waals surface area contributed by atoms with Crippen LogP contribution in [0.2, 0.25) is 0 Å². The second-order valence-electron chi connectivity index (χ2n) is 13.0. The Labute approximate surface area is 271 Å². The predicted molar refractivity (Wildman–Crippen MR) is 195 cm³/mol. The average molecular weight is 600 g/mol. The Balaban J connectivity index is 1.17. The van der Waals surface area contributed by atoms with Crippen LogP contribution >= 0.6 is 0 Å². The van der Waals surface area contributed by atoms with Gasteiger partial charge in [0.2, 0.25) is 0 Å². The normalized spacial score (nSPS) is 14.9. The van der Waals surface area contributed by atoms with Crippen molar-refractivity contribution in [3.8, 4) is 16.8 Å². The van der Waals surface area contributed by atoms with Gasteiger partial charge in [0.25, 0.3) is 0 Å². The number of para-hydroxylation sites is 4. The fourth-order valence-corrected chi connectivity index (χ4v) is 8.80. The summed E-state index contributed by atoms with van der Waals surface area (Å²) in [5.41, 5.74) is 14.1. The van der Waals surface area contributed by atoms with Gasteiger partial charge in [-0.3, -0.25) is 4.98 Å². The Kier molecular flexibility index (Phi) is 5.01. The quantitative estimate of drug-likeness (QED) is 0.194. The zero-order chi connectivity index (χ0) is 30.6. The monoisotopic (exact) mass is 599 g/mol. The molecule has 0 aliphatic heterocycles. The van der Waals surface area contributed by atoms with Crippen molar-refractivity contribution in [2.24, 2.45) is 0 Å². The van der Waals surface area contributed by atoms with E-state index in [0.717, 1.165) is 29.7 Å². The van der Waals surface area contributed by atoms with E-state index in [1.807, 2.05) is 0 Å². The number of pyridine rings is 1. The average Bonchev–Trinajstić information content (AvgIpc) is 3.72. The maximum atomic E-state index is 5.27. The van der Waals surface area contributed by atoms with Crippen LogP contribution in [0.1, 0.15) is 29.2 Å². The third kappa shape index (κ3) is 3.33. The van der Waals surface area contributed by atoms with Crippen molar-refractivity contribution in [3.63, 3.8) is 0 Å². The van der Waals surface area contributed by atoms with Crippen LogP contribution in [0.3, 0.4) is 0 Å². The molecule has 0 saturated heterocycles. The van der Waals surface area contributed by atoms with Crippen LogP contribution in [-0.4, -0.2) is 14.0 Å². The van der Waals surface area contributed by atoms with Crippen LogP contribution < -0.4 is 0 Å². The van der Waals surface area contributed by atoms with E-state index in [-0.39, 0.29) is 5.92 Å². The van der Waals surface area contributed by atoms with Crippen LogP contribution in [0.4, 0.5) is 0 Å². The maximum Gasteiger partial charge on any atom is 0.0724 e. The van der Waals surface area contributed by atoms with E-state index in [0.29, 0.717) is 0 Å². The highest BCUT2D eigenvalue weighted by atomic mass is 15.0. The first kappa shape index (κ1) is 25.3. The molecule has 1 aliphatic rings. The minimum atomic E-state index is 0.184. The third-order valence-corrected chi connectivity index (χ3v) is 10.7. The van der Waals surface area contributed by atoms with Gasteiger partial charge in [0.1, 0.15) is 0 Å². The lowest BCUT2D eigenvalue weighted by atomic mass is 9.87. The van der Waals surface area contributed by atoms with Gasteiger partial charge in [-0.2, -0.15) is 0 Å². The molecule has 1 unspecified atom stereocenters. The van der Waals surface area contributed by atoms with Gasteiger partial charge in [-0.1, -0.05) is 97.1 Å². The topological polar surface area (TPSA) is 22.2 Å². The summed E-state index contributed by atoms with van der Waals surface area (Å²) in [6.45, 7) is 0. The number of aryl methyl sites for hydroxylation is 1. The Bertz CT molecular complexity index is 2850. The molecule has 0 saturated carbocycles. The number of hydrogen-bond donors (Lipinski definition) is 0. The van der Waals surface area contributed by atoms with Gasteiger partial charge >= 0.3 is 0 Å². The summed E-state index contributed by atoms with van der Waals surface area (Å²) in [5.74, 6) is 0.184. The van der Waals surface area contributed by atoms with Gasteiger partial charge < -0.3 is 8.97 Å². The molecule has 0 spiro atoms. The van der Waals surface area contributed by atoms with E-state index in [2.05, 4.69) is 155 Å². The van der Waals surface area contributed by atoms with Crippen molar-refractivity contribution in [3.05, 3.63) is 163 Å². The lowest BCUT2D eigenvalue weighted by molar-refractivity contribution is 0.707. The number of benzene rings is 6. The van der Waals surface area contributed by atoms with Crippen LogP contribution in [0.25, 0.3) is 76.7 Å². The molecule has 0 bridgehead atoms. The van der Waals surface area contributed by atoms with Crippen molar-refractivity contribution in [2.45, 2.75) is 18.8 Å². The first-order valence-corrected chi connectivity index (χ1v) is 16.6. The van der Waals surface area contributed by atoms with Gasteiger partial charge in [0, 0.05) is 49.6 Å². The minimum absolute atomic E-state index is 0.184. The first-order chi connectivity index (χ1) is 23.3. The van der Waals surface area contributed by atoms with Crippen molar-refractivity contribution in [1.29, 1.82) is 0 Å². The molecule has 4 aromatic heterocycles. The Morgan fingerprint density at radius 2 is 1.21 bits per heavy atom. The highest BCUT2D eigenvalue weighted by Gasteiger charge is 2.30. The smallest absolute Gasteiger partial charge is 0.0724 e. The van der Waals surface area contributed by atoms with Crippen LogP contribution in [-0.2, 0) is 6.42 Å². The summed E-state index contributed by atoms with van der Waals surface area (Å²) >= 11 is 0. The zero-order valence-electron chi connectivity index (χ0n) is 25.7. The molecule has 1 aliphatic carbocycles. The predicted octanol–water partition coefficient (Wildman–Crippen LogP) is 11.1. The number of nitrogens with zero attached hydrogens (tertiary/aromatic N) is 3. The zero-order valence-corrected chi connectivity index (χ0v) is 25.7. The maximum absolute atomic E-state index is 5.27. The molecule has 4 heterocycles. The largest absolute Gasteiger partial charge is 0.308 e. The van der Waals surface area contributed by atoms with Gasteiger partial charge in [-0.25, -0.2) is 0 Å². The number of hydrogen-bond acceptors (Lipinski definition) is 1. The van der Waals surface area contributed by atoms with E-state index < -0.39 is 0 Å². The molecular formula is C44H29N3. The highest BCUT2D eigenvalue weighted by molar-refractivity contribution is 6.27. The fraction of sp³-hybridized carbons (Fsp3) is 0.0682. The SMILES string of the molecule is c1ccc(-n2c3ccccc3c3cc(C4CCc5cc6c7ccccc7n7c8ccccc8c(c5-c5ccccc54)c67)ncc32)cc1. The summed E-state index contributed by atoms with van der Waals surface area (Å²) in [6, 6.07) is 51.2. The van der Waals surface area contributed by atoms with Crippen LogP contribution in [0, 0.1) is 0 Å². The lowest BCUT2D eigenvalue weighted by Gasteiger charge is -2.18. The van der Waals surface area contributed by atoms with Crippen molar-refractivity contribution in [1.82, 2.24) is 14.0 Å². The van der Waals surface area contributed by atoms with Crippen molar-refractivity contribution >= 4 is 59.9 Å². The minimum Gasteiger partial charge on any atom is -0.308 e. The molecule has 1 atom stereocenters. The number of fused-ring (bicyclic) bond motifs is 13. The molecule has 11 rings (SSSR count). The van der Waals surface area contributed by atoms with E-state index >= 15 is 0 Å². The second kappa shape index (κ2) is 9.31. The number of rotatable bonds is 2. The molecule has 0 amide bonds. The van der Waals surface area contributed by atoms with Crippen molar-refractivity contribution < 1.29 is 0 Å². The molecule has 0 fully saturated rings. The molecular weight excluding hydrogens is 571 g/mol. The van der Waals surface area contributed by atoms with Crippen LogP contribution in [0.15, 0.2) is 146 Å². The molecule has 220 valence electrons. The summed E-state index contributed by atoms with van der Waals surface area (Å²) < 4.78 is 4.85.